The number of rotatable bonds is 6. The zero-order valence-electron chi connectivity index (χ0n) is 15.0. The minimum atomic E-state index is -0.661. The van der Waals surface area contributed by atoms with E-state index in [2.05, 4.69) is 30.8 Å². The Labute approximate surface area is 159 Å². The summed E-state index contributed by atoms with van der Waals surface area (Å²) in [6.07, 6.45) is 3.35. The SMILES string of the molecule is CC(Nc1nc(Nc2cc(C3CC3)[nH]n2)c(F)cc1C#N)c1ccc(F)cn1. The van der Waals surface area contributed by atoms with Crippen molar-refractivity contribution in [3.8, 4) is 6.07 Å². The lowest BCUT2D eigenvalue weighted by Gasteiger charge is -2.16. The number of aromatic amines is 1. The maximum atomic E-state index is 14.4. The molecule has 3 heterocycles. The van der Waals surface area contributed by atoms with E-state index in [9.17, 15) is 14.0 Å². The number of anilines is 3. The van der Waals surface area contributed by atoms with Crippen LogP contribution in [-0.2, 0) is 0 Å². The van der Waals surface area contributed by atoms with E-state index < -0.39 is 11.6 Å². The number of pyridine rings is 2. The Kier molecular flexibility index (Phi) is 4.61. The molecule has 1 aliphatic rings. The molecule has 0 bridgehead atoms. The lowest BCUT2D eigenvalue weighted by molar-refractivity contribution is 0.617. The van der Waals surface area contributed by atoms with Crippen LogP contribution in [0.1, 0.15) is 48.7 Å². The van der Waals surface area contributed by atoms with Crippen molar-refractivity contribution in [1.29, 1.82) is 5.26 Å². The summed E-state index contributed by atoms with van der Waals surface area (Å²) >= 11 is 0. The molecule has 0 radical (unpaired) electrons. The van der Waals surface area contributed by atoms with E-state index in [1.54, 1.807) is 6.92 Å². The predicted molar refractivity (Wildman–Crippen MR) is 99.0 cm³/mol. The smallest absolute Gasteiger partial charge is 0.170 e. The van der Waals surface area contributed by atoms with E-state index in [0.29, 0.717) is 17.4 Å². The predicted octanol–water partition coefficient (Wildman–Crippen LogP) is 4.14. The van der Waals surface area contributed by atoms with Gasteiger partial charge in [0.25, 0.3) is 0 Å². The van der Waals surface area contributed by atoms with Gasteiger partial charge in [-0.3, -0.25) is 10.1 Å². The summed E-state index contributed by atoms with van der Waals surface area (Å²) in [5, 5.41) is 22.3. The summed E-state index contributed by atoms with van der Waals surface area (Å²) < 4.78 is 27.4. The third kappa shape index (κ3) is 3.76. The number of hydrogen-bond donors (Lipinski definition) is 3. The van der Waals surface area contributed by atoms with Crippen LogP contribution in [0.2, 0.25) is 0 Å². The highest BCUT2D eigenvalue weighted by atomic mass is 19.1. The van der Waals surface area contributed by atoms with Gasteiger partial charge in [0.2, 0.25) is 0 Å². The molecule has 28 heavy (non-hydrogen) atoms. The van der Waals surface area contributed by atoms with Crippen molar-refractivity contribution in [2.24, 2.45) is 0 Å². The molecular weight excluding hydrogens is 364 g/mol. The average Bonchev–Trinajstić information content (AvgIpc) is 3.44. The van der Waals surface area contributed by atoms with Crippen LogP contribution in [0.5, 0.6) is 0 Å². The maximum absolute atomic E-state index is 14.4. The molecule has 4 rings (SSSR count). The Bertz CT molecular complexity index is 1040. The van der Waals surface area contributed by atoms with E-state index in [4.69, 9.17) is 0 Å². The molecule has 1 atom stereocenters. The first-order chi connectivity index (χ1) is 13.5. The molecule has 0 aliphatic heterocycles. The third-order valence-electron chi connectivity index (χ3n) is 4.50. The molecule has 1 unspecified atom stereocenters. The molecule has 3 aromatic heterocycles. The summed E-state index contributed by atoms with van der Waals surface area (Å²) in [5.41, 5.74) is 1.62. The molecule has 1 saturated carbocycles. The normalized spacial score (nSPS) is 14.4. The second kappa shape index (κ2) is 7.23. The summed E-state index contributed by atoms with van der Waals surface area (Å²) in [6.45, 7) is 1.79. The van der Waals surface area contributed by atoms with Crippen molar-refractivity contribution in [3.63, 3.8) is 0 Å². The molecule has 1 fully saturated rings. The van der Waals surface area contributed by atoms with Crippen molar-refractivity contribution < 1.29 is 8.78 Å². The number of hydrogen-bond acceptors (Lipinski definition) is 6. The van der Waals surface area contributed by atoms with Crippen LogP contribution < -0.4 is 10.6 Å². The van der Waals surface area contributed by atoms with Crippen LogP contribution in [-0.4, -0.2) is 20.2 Å². The van der Waals surface area contributed by atoms with Crippen LogP contribution in [0.25, 0.3) is 0 Å². The molecule has 0 aromatic carbocycles. The van der Waals surface area contributed by atoms with Gasteiger partial charge in [-0.15, -0.1) is 0 Å². The summed E-state index contributed by atoms with van der Waals surface area (Å²) in [7, 11) is 0. The molecule has 0 saturated heterocycles. The second-order valence-corrected chi connectivity index (χ2v) is 6.70. The van der Waals surface area contributed by atoms with Gasteiger partial charge in [-0.05, 0) is 38.0 Å². The van der Waals surface area contributed by atoms with Crippen LogP contribution in [0.4, 0.5) is 26.2 Å². The quantitative estimate of drug-likeness (QED) is 0.593. The van der Waals surface area contributed by atoms with Gasteiger partial charge in [-0.25, -0.2) is 13.8 Å². The van der Waals surface area contributed by atoms with Gasteiger partial charge >= 0.3 is 0 Å². The van der Waals surface area contributed by atoms with E-state index in [1.807, 2.05) is 12.1 Å². The van der Waals surface area contributed by atoms with Gasteiger partial charge in [-0.2, -0.15) is 10.4 Å². The minimum Gasteiger partial charge on any atom is -0.361 e. The van der Waals surface area contributed by atoms with Gasteiger partial charge in [0.15, 0.2) is 17.5 Å². The lowest BCUT2D eigenvalue weighted by atomic mass is 10.2. The highest BCUT2D eigenvalue weighted by Gasteiger charge is 2.25. The minimum absolute atomic E-state index is 0.0467. The first kappa shape index (κ1) is 17.9. The molecule has 9 heteroatoms. The number of H-pyrrole nitrogens is 1. The van der Waals surface area contributed by atoms with Crippen LogP contribution >= 0.6 is 0 Å². The van der Waals surface area contributed by atoms with Gasteiger partial charge in [0, 0.05) is 17.7 Å². The number of nitriles is 1. The lowest BCUT2D eigenvalue weighted by Crippen LogP contribution is -2.12. The summed E-state index contributed by atoms with van der Waals surface area (Å²) in [5.74, 6) is -0.00633. The Hall–Kier alpha value is -3.54. The fourth-order valence-corrected chi connectivity index (χ4v) is 2.82. The Morgan fingerprint density at radius 3 is 2.75 bits per heavy atom. The Morgan fingerprint density at radius 1 is 1.25 bits per heavy atom. The van der Waals surface area contributed by atoms with Gasteiger partial charge < -0.3 is 10.6 Å². The first-order valence-corrected chi connectivity index (χ1v) is 8.84. The van der Waals surface area contributed by atoms with Crippen molar-refractivity contribution in [3.05, 3.63) is 59.0 Å². The molecule has 1 aliphatic carbocycles. The zero-order chi connectivity index (χ0) is 19.7. The van der Waals surface area contributed by atoms with E-state index in [-0.39, 0.29) is 23.2 Å². The Balaban J connectivity index is 1.57. The van der Waals surface area contributed by atoms with E-state index >= 15 is 0 Å². The van der Waals surface area contributed by atoms with Crippen molar-refractivity contribution >= 4 is 17.5 Å². The topological polar surface area (TPSA) is 102 Å². The molecule has 3 N–H and O–H groups in total. The van der Waals surface area contributed by atoms with Crippen molar-refractivity contribution in [1.82, 2.24) is 20.2 Å². The van der Waals surface area contributed by atoms with E-state index in [0.717, 1.165) is 30.8 Å². The number of halogens is 2. The van der Waals surface area contributed by atoms with Crippen LogP contribution in [0, 0.1) is 23.0 Å². The number of aromatic nitrogens is 4. The Morgan fingerprint density at radius 2 is 2.07 bits per heavy atom. The molecule has 0 amide bonds. The molecule has 3 aromatic rings. The summed E-state index contributed by atoms with van der Waals surface area (Å²) in [6, 6.07) is 7.32. The fourth-order valence-electron chi connectivity index (χ4n) is 2.82. The average molecular weight is 381 g/mol. The first-order valence-electron chi connectivity index (χ1n) is 8.84. The number of nitrogens with one attached hydrogen (secondary N) is 3. The van der Waals surface area contributed by atoms with Crippen LogP contribution in [0.3, 0.4) is 0 Å². The third-order valence-corrected chi connectivity index (χ3v) is 4.50. The highest BCUT2D eigenvalue weighted by Crippen LogP contribution is 2.39. The number of nitrogens with zero attached hydrogens (tertiary/aromatic N) is 4. The second-order valence-electron chi connectivity index (χ2n) is 6.70. The monoisotopic (exact) mass is 381 g/mol. The zero-order valence-corrected chi connectivity index (χ0v) is 15.0. The van der Waals surface area contributed by atoms with Crippen molar-refractivity contribution in [2.45, 2.75) is 31.7 Å². The van der Waals surface area contributed by atoms with Crippen LogP contribution in [0.15, 0.2) is 30.5 Å². The molecule has 7 nitrogen and oxygen atoms in total. The van der Waals surface area contributed by atoms with Gasteiger partial charge in [0.05, 0.1) is 23.5 Å². The van der Waals surface area contributed by atoms with E-state index in [1.165, 1.54) is 12.1 Å². The largest absolute Gasteiger partial charge is 0.361 e. The standard InChI is InChI=1S/C19H17F2N7/c1-10(15-5-4-13(20)9-23-15)24-18-12(8-22)6-14(21)19(26-18)25-17-7-16(27-28-17)11-2-3-11/h4-7,9-11H,2-3H2,1H3,(H3,24,25,26,27,28). The fraction of sp³-hybridized carbons (Fsp3) is 0.263. The molecule has 142 valence electrons. The molecule has 0 spiro atoms. The maximum Gasteiger partial charge on any atom is 0.170 e. The van der Waals surface area contributed by atoms with Gasteiger partial charge in [-0.1, -0.05) is 0 Å². The van der Waals surface area contributed by atoms with Crippen molar-refractivity contribution in [2.75, 3.05) is 10.6 Å². The van der Waals surface area contributed by atoms with Gasteiger partial charge in [0.1, 0.15) is 17.7 Å². The highest BCUT2D eigenvalue weighted by molar-refractivity contribution is 5.61. The molecular formula is C19H17F2N7. The summed E-state index contributed by atoms with van der Waals surface area (Å²) in [4.78, 5) is 8.23.